The summed E-state index contributed by atoms with van der Waals surface area (Å²) in [6, 6.07) is 46.8. The normalized spacial score (nSPS) is 13.7. The zero-order valence-electron chi connectivity index (χ0n) is 21.6. The van der Waals surface area contributed by atoms with Gasteiger partial charge in [0, 0.05) is 21.9 Å². The summed E-state index contributed by atoms with van der Waals surface area (Å²) in [6.07, 6.45) is 0. The maximum atomic E-state index is 2.43. The number of benzene rings is 6. The van der Waals surface area contributed by atoms with Gasteiger partial charge in [0.05, 0.1) is 11.0 Å². The molecule has 0 atom stereocenters. The van der Waals surface area contributed by atoms with E-state index < -0.39 is 0 Å². The van der Waals surface area contributed by atoms with Crippen LogP contribution >= 0.6 is 0 Å². The molecule has 1 heterocycles. The summed E-state index contributed by atoms with van der Waals surface area (Å²) in [4.78, 5) is 0. The Morgan fingerprint density at radius 3 is 2.16 bits per heavy atom. The van der Waals surface area contributed by atoms with Crippen LogP contribution in [0.4, 0.5) is 0 Å². The Morgan fingerprint density at radius 2 is 1.24 bits per heavy atom. The lowest BCUT2D eigenvalue weighted by Crippen LogP contribution is -2.14. The molecule has 0 N–H and O–H groups in total. The maximum absolute atomic E-state index is 2.43. The van der Waals surface area contributed by atoms with E-state index in [9.17, 15) is 0 Å². The zero-order chi connectivity index (χ0) is 25.4. The standard InChI is InChI=1S/C37H27N/c1-37(2)31-18-7-5-15-29(31)35-28(17-10-19-32(35)37)25-12-9-13-26(23-25)38-33-20-8-6-16-30(33)36-27-14-4-3-11-24(27)21-22-34(36)38/h3-23H,1-2H3. The molecule has 0 spiro atoms. The summed E-state index contributed by atoms with van der Waals surface area (Å²) in [7, 11) is 0. The van der Waals surface area contributed by atoms with Crippen molar-refractivity contribution in [2.45, 2.75) is 19.3 Å². The number of hydrogen-bond donors (Lipinski definition) is 0. The van der Waals surface area contributed by atoms with E-state index >= 15 is 0 Å². The fourth-order valence-electron chi connectivity index (χ4n) is 6.83. The van der Waals surface area contributed by atoms with Crippen molar-refractivity contribution < 1.29 is 0 Å². The lowest BCUT2D eigenvalue weighted by Gasteiger charge is -2.21. The highest BCUT2D eigenvalue weighted by atomic mass is 15.0. The van der Waals surface area contributed by atoms with Crippen LogP contribution in [0.1, 0.15) is 25.0 Å². The molecule has 180 valence electrons. The number of para-hydroxylation sites is 1. The van der Waals surface area contributed by atoms with E-state index in [1.807, 2.05) is 0 Å². The minimum Gasteiger partial charge on any atom is -0.309 e. The minimum absolute atomic E-state index is 0.00651. The van der Waals surface area contributed by atoms with Crippen molar-refractivity contribution in [1.82, 2.24) is 4.57 Å². The third-order valence-corrected chi connectivity index (χ3v) is 8.59. The fraction of sp³-hybridized carbons (Fsp3) is 0.0811. The Bertz CT molecular complexity index is 2050. The molecule has 0 saturated carbocycles. The van der Waals surface area contributed by atoms with Gasteiger partial charge in [-0.15, -0.1) is 0 Å². The lowest BCUT2D eigenvalue weighted by atomic mass is 9.82. The van der Waals surface area contributed by atoms with Crippen molar-refractivity contribution in [3.05, 3.63) is 139 Å². The van der Waals surface area contributed by atoms with Gasteiger partial charge in [-0.25, -0.2) is 0 Å². The molecule has 0 saturated heterocycles. The molecule has 1 heteroatoms. The van der Waals surface area contributed by atoms with Crippen LogP contribution in [0.5, 0.6) is 0 Å². The van der Waals surface area contributed by atoms with Crippen LogP contribution < -0.4 is 0 Å². The van der Waals surface area contributed by atoms with Gasteiger partial charge < -0.3 is 4.57 Å². The molecule has 38 heavy (non-hydrogen) atoms. The first-order chi connectivity index (χ1) is 18.6. The summed E-state index contributed by atoms with van der Waals surface area (Å²) in [6.45, 7) is 4.70. The second-order valence-corrected chi connectivity index (χ2v) is 11.0. The second kappa shape index (κ2) is 7.69. The SMILES string of the molecule is CC1(C)c2ccccc2-c2c(-c3cccc(-n4c5ccccc5c5c6ccccc6ccc54)c3)cccc21. The quantitative estimate of drug-likeness (QED) is 0.230. The van der Waals surface area contributed by atoms with E-state index in [2.05, 4.69) is 146 Å². The highest BCUT2D eigenvalue weighted by Crippen LogP contribution is 2.52. The molecule has 0 radical (unpaired) electrons. The predicted octanol–water partition coefficient (Wildman–Crippen LogP) is 9.91. The van der Waals surface area contributed by atoms with Gasteiger partial charge in [-0.3, -0.25) is 0 Å². The second-order valence-electron chi connectivity index (χ2n) is 11.0. The zero-order valence-corrected chi connectivity index (χ0v) is 21.6. The van der Waals surface area contributed by atoms with Gasteiger partial charge >= 0.3 is 0 Å². The van der Waals surface area contributed by atoms with Gasteiger partial charge in [0.25, 0.3) is 0 Å². The molecule has 0 bridgehead atoms. The molecular weight excluding hydrogens is 458 g/mol. The highest BCUT2D eigenvalue weighted by Gasteiger charge is 2.36. The highest BCUT2D eigenvalue weighted by molar-refractivity contribution is 6.21. The summed E-state index contributed by atoms with van der Waals surface area (Å²) in [5.74, 6) is 0. The van der Waals surface area contributed by atoms with Crippen molar-refractivity contribution in [3.8, 4) is 27.9 Å². The number of nitrogens with zero attached hydrogens (tertiary/aromatic N) is 1. The Labute approximate surface area is 222 Å². The van der Waals surface area contributed by atoms with Crippen LogP contribution in [-0.4, -0.2) is 4.57 Å². The van der Waals surface area contributed by atoms with Gasteiger partial charge in [-0.2, -0.15) is 0 Å². The summed E-state index contributed by atoms with van der Waals surface area (Å²) in [5, 5.41) is 5.19. The Morgan fingerprint density at radius 1 is 0.526 bits per heavy atom. The van der Waals surface area contributed by atoms with Crippen LogP contribution in [0.15, 0.2) is 127 Å². The van der Waals surface area contributed by atoms with Crippen LogP contribution in [0.25, 0.3) is 60.5 Å². The monoisotopic (exact) mass is 485 g/mol. The number of aromatic nitrogens is 1. The topological polar surface area (TPSA) is 4.93 Å². The third kappa shape index (κ3) is 2.82. The van der Waals surface area contributed by atoms with E-state index in [1.165, 1.54) is 71.6 Å². The molecule has 1 aliphatic rings. The van der Waals surface area contributed by atoms with Gasteiger partial charge in [-0.1, -0.05) is 117 Å². The molecule has 1 aliphatic carbocycles. The molecule has 8 rings (SSSR count). The van der Waals surface area contributed by atoms with Gasteiger partial charge in [0.1, 0.15) is 0 Å². The average Bonchev–Trinajstić information content (AvgIpc) is 3.43. The van der Waals surface area contributed by atoms with Crippen molar-refractivity contribution in [2.24, 2.45) is 0 Å². The van der Waals surface area contributed by atoms with E-state index in [-0.39, 0.29) is 5.41 Å². The van der Waals surface area contributed by atoms with Crippen LogP contribution in [0.3, 0.4) is 0 Å². The van der Waals surface area contributed by atoms with Crippen LogP contribution in [-0.2, 0) is 5.41 Å². The molecule has 0 fully saturated rings. The van der Waals surface area contributed by atoms with Crippen molar-refractivity contribution in [2.75, 3.05) is 0 Å². The van der Waals surface area contributed by atoms with Crippen LogP contribution in [0.2, 0.25) is 0 Å². The van der Waals surface area contributed by atoms with Crippen molar-refractivity contribution in [3.63, 3.8) is 0 Å². The largest absolute Gasteiger partial charge is 0.309 e. The minimum atomic E-state index is -0.00651. The number of fused-ring (bicyclic) bond motifs is 8. The van der Waals surface area contributed by atoms with Crippen LogP contribution in [0, 0.1) is 0 Å². The van der Waals surface area contributed by atoms with Crippen molar-refractivity contribution in [1.29, 1.82) is 0 Å². The molecule has 1 nitrogen and oxygen atoms in total. The molecular formula is C37H27N. The van der Waals surface area contributed by atoms with Gasteiger partial charge in [0.2, 0.25) is 0 Å². The first-order valence-electron chi connectivity index (χ1n) is 13.4. The molecule has 6 aromatic carbocycles. The summed E-state index contributed by atoms with van der Waals surface area (Å²) in [5.41, 5.74) is 11.8. The van der Waals surface area contributed by atoms with Crippen molar-refractivity contribution >= 4 is 32.6 Å². The lowest BCUT2D eigenvalue weighted by molar-refractivity contribution is 0.660. The number of hydrogen-bond acceptors (Lipinski definition) is 0. The fourth-order valence-corrected chi connectivity index (χ4v) is 6.83. The first-order valence-corrected chi connectivity index (χ1v) is 13.4. The van der Waals surface area contributed by atoms with Gasteiger partial charge in [0.15, 0.2) is 0 Å². The first kappa shape index (κ1) is 21.5. The van der Waals surface area contributed by atoms with E-state index in [4.69, 9.17) is 0 Å². The average molecular weight is 486 g/mol. The molecule has 0 aliphatic heterocycles. The molecule has 1 aromatic heterocycles. The molecule has 7 aromatic rings. The van der Waals surface area contributed by atoms with E-state index in [1.54, 1.807) is 0 Å². The Hall–Kier alpha value is -4.62. The Kier molecular flexibility index (Phi) is 4.35. The number of rotatable bonds is 2. The van der Waals surface area contributed by atoms with E-state index in [0.717, 1.165) is 0 Å². The maximum Gasteiger partial charge on any atom is 0.0547 e. The smallest absolute Gasteiger partial charge is 0.0547 e. The molecule has 0 amide bonds. The van der Waals surface area contributed by atoms with E-state index in [0.29, 0.717) is 0 Å². The summed E-state index contributed by atoms with van der Waals surface area (Å²) >= 11 is 0. The predicted molar refractivity (Wildman–Crippen MR) is 161 cm³/mol. The summed E-state index contributed by atoms with van der Waals surface area (Å²) < 4.78 is 2.43. The molecule has 0 unspecified atom stereocenters. The Balaban J connectivity index is 1.40. The van der Waals surface area contributed by atoms with Gasteiger partial charge in [-0.05, 0) is 68.4 Å². The third-order valence-electron chi connectivity index (χ3n) is 8.59.